The fraction of sp³-hybridized carbons (Fsp3) is 0.375. The Kier molecular flexibility index (Phi) is 22.5. The number of aromatic nitrogens is 15. The number of nitrogen functional groups attached to an aromatic ring is 1. The molecular formula is C88H96BrClIN19O8. The van der Waals surface area contributed by atoms with Crippen LogP contribution in [0.4, 0.5) is 23.3 Å². The minimum absolute atomic E-state index is 0.000954. The summed E-state index contributed by atoms with van der Waals surface area (Å²) in [7, 11) is 16.3. The highest BCUT2D eigenvalue weighted by Gasteiger charge is 2.35. The van der Waals surface area contributed by atoms with E-state index in [1.807, 2.05) is 85.6 Å². The molecule has 0 amide bonds. The molecular weight excluding hydrogens is 1690 g/mol. The summed E-state index contributed by atoms with van der Waals surface area (Å²) in [6.07, 6.45) is 24.8. The van der Waals surface area contributed by atoms with E-state index in [9.17, 15) is 24.3 Å². The highest BCUT2D eigenvalue weighted by atomic mass is 127. The Hall–Kier alpha value is -11.1. The van der Waals surface area contributed by atoms with Crippen LogP contribution in [-0.4, -0.2) is 166 Å². The third kappa shape index (κ3) is 18.3. The van der Waals surface area contributed by atoms with E-state index in [2.05, 4.69) is 90.9 Å². The van der Waals surface area contributed by atoms with Gasteiger partial charge in [0.2, 0.25) is 0 Å². The second-order valence-corrected chi connectivity index (χ2v) is 32.8. The molecule has 0 saturated heterocycles. The number of carbonyl (C=O) groups excluding carboxylic acids is 3. The lowest BCUT2D eigenvalue weighted by Crippen LogP contribution is -2.23. The van der Waals surface area contributed by atoms with Crippen LogP contribution in [0.3, 0.4) is 0 Å². The molecule has 30 heteroatoms. The molecule has 3 N–H and O–H groups in total. The molecule has 4 fully saturated rings. The molecule has 2 aromatic carbocycles. The SMILES string of the molecule is COC(=O)C1CCC(c2cc(N(C)C)n3ncc(-c4ccc(Cl)nc4)c3n2)CC1.COC(=O)C1CCC(c2cc(N(C)C)n3ncc(I)c3n2)CC1.[2H]c1c([2H])c([2H])c(-c2ccc(-c3cnn4c(N(C)C)cc(C5CCC(C(=O)OC)CC5)nc34)cn2)c([2H])c1[2H].[2H]c1c([2H])c([2H])c(-c2ccc(-c3cnn4c(N)c(Br)c(C5CCC(C(=O)O)CC5)nc34)cn2)c([2H])c1[2H]. The standard InChI is InChI=1S/C27H29N5O2.C24H22BrN5O2.C21H24ClN5O2.C16H21IN4O2/c1-31(2)25-15-24(19-9-11-20(12-10-19)27(33)34-3)30-26-22(17-29-32(25)26)21-13-14-23(28-16-21)18-7-5-4-6-8-18;25-20-21(15-6-8-16(9-7-15)24(31)32)29-23-18(13-28-30(23)22(20)26)17-10-11-19(27-12-17)14-4-2-1-3-5-14;1-26(2)19-10-17(13-4-6-14(7-5-13)21(28)29-3)25-20-16(12-24-27(19)20)15-8-9-18(22)23-11-15;1-20(2)14-8-13(19-15-12(17)9-18-21(14)15)10-4-6-11(7-5-10)16(22)23-3/h4-8,13-17,19-20H,9-12H2,1-3H3;1-5,10-13,15-16H,6-9,26H2,(H,31,32);8-14H,4-7H2,1-3H3;8-11H,4-7H2,1-3H3/i4D,5D,6D,7D,8D;1D,2D,3D,4D,5D;;. The number of carboxylic acids is 1. The zero-order valence-electron chi connectivity index (χ0n) is 76.7. The van der Waals surface area contributed by atoms with Gasteiger partial charge in [-0.25, -0.2) is 24.9 Å². The summed E-state index contributed by atoms with van der Waals surface area (Å²) in [5, 5.41) is 27.7. The molecule has 27 nitrogen and oxygen atoms in total. The first-order chi connectivity index (χ1) is 61.2. The molecule has 0 unspecified atom stereocenters. The van der Waals surface area contributed by atoms with E-state index in [1.54, 1.807) is 65.8 Å². The first-order valence-corrected chi connectivity index (χ1v) is 41.3. The number of nitrogens with zero attached hydrogens (tertiary/aromatic N) is 18. The Labute approximate surface area is 725 Å². The van der Waals surface area contributed by atoms with E-state index < -0.39 is 42.2 Å². The van der Waals surface area contributed by atoms with Gasteiger partial charge in [0.15, 0.2) is 22.6 Å². The number of methoxy groups -OCH3 is 3. The fourth-order valence-electron chi connectivity index (χ4n) is 16.0. The van der Waals surface area contributed by atoms with Crippen LogP contribution in [0.2, 0.25) is 5.15 Å². The number of carbonyl (C=O) groups is 4. The summed E-state index contributed by atoms with van der Waals surface area (Å²) >= 11 is 11.8. The molecule has 4 aliphatic rings. The van der Waals surface area contributed by atoms with Crippen molar-refractivity contribution in [3.63, 3.8) is 0 Å². The Morgan fingerprint density at radius 1 is 0.449 bits per heavy atom. The molecule has 4 saturated carbocycles. The summed E-state index contributed by atoms with van der Waals surface area (Å²) in [5.41, 5.74) is 18.4. The number of ether oxygens (including phenoxy) is 3. The van der Waals surface area contributed by atoms with Crippen LogP contribution in [0.25, 0.3) is 78.5 Å². The highest BCUT2D eigenvalue weighted by Crippen LogP contribution is 2.44. The molecule has 118 heavy (non-hydrogen) atoms. The first-order valence-electron chi connectivity index (χ1n) is 44.0. The molecule has 13 aromatic rings. The zero-order valence-corrected chi connectivity index (χ0v) is 71.2. The number of benzene rings is 2. The topological polar surface area (TPSA) is 311 Å². The number of hydrogen-bond donors (Lipinski definition) is 2. The molecule has 0 bridgehead atoms. The first kappa shape index (κ1) is 71.1. The average Bonchev–Trinajstić information content (AvgIpc) is 1.57. The van der Waals surface area contributed by atoms with E-state index in [0.717, 1.165) is 154 Å². The lowest BCUT2D eigenvalue weighted by molar-refractivity contribution is -0.147. The number of carboxylic acid groups (broad SMARTS) is 1. The summed E-state index contributed by atoms with van der Waals surface area (Å²) < 4.78 is 104. The van der Waals surface area contributed by atoms with Crippen LogP contribution >= 0.6 is 50.1 Å². The van der Waals surface area contributed by atoms with Crippen LogP contribution in [-0.2, 0) is 33.4 Å². The highest BCUT2D eigenvalue weighted by molar-refractivity contribution is 14.1. The molecule has 17 rings (SSSR count). The van der Waals surface area contributed by atoms with Gasteiger partial charge in [0.1, 0.15) is 28.4 Å². The van der Waals surface area contributed by atoms with Crippen molar-refractivity contribution in [1.82, 2.24) is 73.3 Å². The molecule has 0 radical (unpaired) electrons. The lowest BCUT2D eigenvalue weighted by atomic mass is 9.80. The van der Waals surface area contributed by atoms with Crippen molar-refractivity contribution < 1.29 is 52.2 Å². The Morgan fingerprint density at radius 3 is 1.14 bits per heavy atom. The summed E-state index contributed by atoms with van der Waals surface area (Å²) in [5.74, 6) is 2.77. The molecule has 11 heterocycles. The Morgan fingerprint density at radius 2 is 0.788 bits per heavy atom. The molecule has 4 aliphatic carbocycles. The van der Waals surface area contributed by atoms with Gasteiger partial charge in [-0.1, -0.05) is 84.2 Å². The van der Waals surface area contributed by atoms with E-state index >= 15 is 0 Å². The molecule has 0 atom stereocenters. The average molecular weight is 1800 g/mol. The lowest BCUT2D eigenvalue weighted by Gasteiger charge is -2.27. The summed E-state index contributed by atoms with van der Waals surface area (Å²) in [4.78, 5) is 85.7. The minimum Gasteiger partial charge on any atom is -0.481 e. The number of esters is 3. The maximum Gasteiger partial charge on any atom is 0.308 e. The van der Waals surface area contributed by atoms with Gasteiger partial charge in [-0.05, 0) is 166 Å². The molecule has 0 aliphatic heterocycles. The van der Waals surface area contributed by atoms with Crippen LogP contribution in [0.1, 0.15) is 163 Å². The van der Waals surface area contributed by atoms with Gasteiger partial charge in [0.05, 0.1) is 109 Å². The van der Waals surface area contributed by atoms with Gasteiger partial charge < -0.3 is 39.8 Å². The predicted molar refractivity (Wildman–Crippen MR) is 468 cm³/mol. The molecule has 11 aromatic heterocycles. The minimum atomic E-state index is -0.766. The normalized spacial score (nSPS) is 20.4. The van der Waals surface area contributed by atoms with Gasteiger partial charge in [-0.3, -0.25) is 29.1 Å². The van der Waals surface area contributed by atoms with E-state index in [0.29, 0.717) is 75.4 Å². The quantitative estimate of drug-likeness (QED) is 0.0393. The van der Waals surface area contributed by atoms with Crippen LogP contribution in [0.15, 0.2) is 163 Å². The second kappa shape index (κ2) is 37.3. The molecule has 0 spiro atoms. The number of anilines is 4. The number of hydrogen-bond acceptors (Lipinski definition) is 22. The maximum absolute atomic E-state index is 12.0. The number of nitrogens with two attached hydrogens (primary N) is 1. The van der Waals surface area contributed by atoms with Crippen LogP contribution < -0.4 is 20.4 Å². The number of aliphatic carboxylic acids is 1. The summed E-state index contributed by atoms with van der Waals surface area (Å²) in [6, 6.07) is 13.0. The van der Waals surface area contributed by atoms with Crippen molar-refractivity contribution in [2.45, 2.75) is 126 Å². The maximum atomic E-state index is 12.0. The van der Waals surface area contributed by atoms with Gasteiger partial charge >= 0.3 is 23.9 Å². The zero-order chi connectivity index (χ0) is 91.7. The van der Waals surface area contributed by atoms with Gasteiger partial charge in [0, 0.05) is 164 Å². The summed E-state index contributed by atoms with van der Waals surface area (Å²) in [6.45, 7) is 0. The predicted octanol–water partition coefficient (Wildman–Crippen LogP) is 16.9. The third-order valence-corrected chi connectivity index (χ3v) is 24.4. The van der Waals surface area contributed by atoms with Gasteiger partial charge in [-0.2, -0.15) is 38.5 Å². The Balaban J connectivity index is 0.000000141. The fourth-order valence-corrected chi connectivity index (χ4v) is 17.2. The van der Waals surface area contributed by atoms with Crippen molar-refractivity contribution >= 4 is 120 Å². The van der Waals surface area contributed by atoms with E-state index in [1.165, 1.54) is 25.8 Å². The molecule has 612 valence electrons. The van der Waals surface area contributed by atoms with Crippen molar-refractivity contribution in [2.24, 2.45) is 23.7 Å². The second-order valence-electron chi connectivity index (χ2n) is 30.4. The number of rotatable bonds is 16. The third-order valence-electron chi connectivity index (χ3n) is 22.6. The monoisotopic (exact) mass is 1800 g/mol. The Bertz CT molecular complexity index is 6300. The van der Waals surface area contributed by atoms with Crippen LogP contribution in [0, 0.1) is 27.2 Å². The number of pyridine rings is 3. The van der Waals surface area contributed by atoms with Crippen molar-refractivity contribution in [1.29, 1.82) is 0 Å². The van der Waals surface area contributed by atoms with E-state index in [4.69, 9.17) is 65.2 Å². The van der Waals surface area contributed by atoms with E-state index in [-0.39, 0.29) is 100 Å². The number of halogens is 3. The largest absolute Gasteiger partial charge is 0.481 e. The van der Waals surface area contributed by atoms with Crippen molar-refractivity contribution in [3.8, 4) is 55.9 Å². The van der Waals surface area contributed by atoms with Crippen molar-refractivity contribution in [2.75, 3.05) is 84.0 Å². The van der Waals surface area contributed by atoms with Crippen LogP contribution in [0.5, 0.6) is 0 Å². The van der Waals surface area contributed by atoms with Crippen molar-refractivity contribution in [3.05, 3.63) is 194 Å². The number of fused-ring (bicyclic) bond motifs is 4. The van der Waals surface area contributed by atoms with Gasteiger partial charge in [0.25, 0.3) is 0 Å². The van der Waals surface area contributed by atoms with Gasteiger partial charge in [-0.15, -0.1) is 0 Å². The smallest absolute Gasteiger partial charge is 0.308 e.